The Balaban J connectivity index is 2.05. The minimum Gasteiger partial charge on any atom is -0.507 e. The minimum atomic E-state index is 0.296. The van der Waals surface area contributed by atoms with Crippen molar-refractivity contribution in [2.24, 2.45) is 0 Å². The van der Waals surface area contributed by atoms with Gasteiger partial charge in [0.25, 0.3) is 0 Å². The van der Waals surface area contributed by atoms with E-state index >= 15 is 0 Å². The first-order valence-corrected chi connectivity index (χ1v) is 8.60. The van der Waals surface area contributed by atoms with Crippen LogP contribution in [0.5, 0.6) is 5.75 Å². The van der Waals surface area contributed by atoms with E-state index in [-0.39, 0.29) is 0 Å². The van der Waals surface area contributed by atoms with Gasteiger partial charge in [-0.15, -0.1) is 0 Å². The Morgan fingerprint density at radius 1 is 0.542 bits per heavy atom. The number of phenols is 1. The highest BCUT2D eigenvalue weighted by molar-refractivity contribution is 9.10. The molecule has 0 bridgehead atoms. The lowest BCUT2D eigenvalue weighted by atomic mass is 9.91. The van der Waals surface area contributed by atoms with Crippen LogP contribution in [0.15, 0.2) is 89.4 Å². The quantitative estimate of drug-likeness (QED) is 0.416. The summed E-state index contributed by atoms with van der Waals surface area (Å²) in [6.07, 6.45) is 0. The van der Waals surface area contributed by atoms with E-state index in [1.54, 1.807) is 6.07 Å². The molecule has 0 aliphatic rings. The van der Waals surface area contributed by atoms with Gasteiger partial charge in [-0.05, 0) is 34.2 Å². The van der Waals surface area contributed by atoms with Crippen LogP contribution in [0.4, 0.5) is 0 Å². The van der Waals surface area contributed by atoms with Crippen molar-refractivity contribution in [1.82, 2.24) is 0 Å². The lowest BCUT2D eigenvalue weighted by Gasteiger charge is -2.14. The Morgan fingerprint density at radius 3 is 1.79 bits per heavy atom. The summed E-state index contributed by atoms with van der Waals surface area (Å²) in [7, 11) is 0. The number of hydrogen-bond donors (Lipinski definition) is 1. The van der Waals surface area contributed by atoms with Gasteiger partial charge < -0.3 is 5.11 Å². The van der Waals surface area contributed by atoms with Gasteiger partial charge in [0.2, 0.25) is 0 Å². The van der Waals surface area contributed by atoms with E-state index in [0.717, 1.165) is 26.7 Å². The van der Waals surface area contributed by atoms with Gasteiger partial charge in [0.05, 0.1) is 0 Å². The number of hydrogen-bond acceptors (Lipinski definition) is 1. The third kappa shape index (κ3) is 2.49. The molecule has 1 nitrogen and oxygen atoms in total. The molecule has 4 aromatic carbocycles. The predicted molar refractivity (Wildman–Crippen MR) is 104 cm³/mol. The summed E-state index contributed by atoms with van der Waals surface area (Å²) >= 11 is 3.69. The molecule has 0 aliphatic carbocycles. The molecule has 0 amide bonds. The molecule has 0 aromatic heterocycles. The number of benzene rings is 4. The highest BCUT2D eigenvalue weighted by atomic mass is 79.9. The zero-order valence-corrected chi connectivity index (χ0v) is 14.5. The van der Waals surface area contributed by atoms with Crippen molar-refractivity contribution in [2.75, 3.05) is 0 Å². The van der Waals surface area contributed by atoms with Gasteiger partial charge in [-0.3, -0.25) is 0 Å². The van der Waals surface area contributed by atoms with Crippen LogP contribution in [0, 0.1) is 0 Å². The minimum absolute atomic E-state index is 0.296. The normalized spacial score (nSPS) is 10.9. The molecule has 1 N–H and O–H groups in total. The van der Waals surface area contributed by atoms with Crippen LogP contribution in [-0.2, 0) is 0 Å². The molecule has 0 atom stereocenters. The number of fused-ring (bicyclic) bond motifs is 1. The first-order chi connectivity index (χ1) is 11.8. The molecule has 0 saturated heterocycles. The van der Waals surface area contributed by atoms with E-state index in [9.17, 15) is 5.11 Å². The number of halogens is 1. The molecule has 2 heteroatoms. The fraction of sp³-hybridized carbons (Fsp3) is 0. The lowest BCUT2D eigenvalue weighted by Crippen LogP contribution is -1.88. The van der Waals surface area contributed by atoms with Crippen molar-refractivity contribution in [3.8, 4) is 28.0 Å². The van der Waals surface area contributed by atoms with Gasteiger partial charge in [0.1, 0.15) is 5.75 Å². The van der Waals surface area contributed by atoms with Crippen LogP contribution >= 0.6 is 15.9 Å². The van der Waals surface area contributed by atoms with Crippen LogP contribution in [0.2, 0.25) is 0 Å². The molecule has 0 heterocycles. The van der Waals surface area contributed by atoms with Crippen LogP contribution in [0.3, 0.4) is 0 Å². The van der Waals surface area contributed by atoms with E-state index in [1.165, 1.54) is 10.8 Å². The zero-order valence-electron chi connectivity index (χ0n) is 12.9. The number of rotatable bonds is 2. The standard InChI is InChI=1S/C22H15BrO/c23-20-13-6-8-15-7-5-12-19(22(15)20)17-10-2-1-9-16(17)18-11-3-4-14-21(18)24/h1-14,24H. The maximum atomic E-state index is 10.3. The second-order valence-corrected chi connectivity index (χ2v) is 6.56. The number of phenolic OH excluding ortho intramolecular Hbond substituents is 1. The van der Waals surface area contributed by atoms with Crippen molar-refractivity contribution < 1.29 is 5.11 Å². The monoisotopic (exact) mass is 374 g/mol. The SMILES string of the molecule is Oc1ccccc1-c1ccccc1-c1cccc2cccc(Br)c12. The van der Waals surface area contributed by atoms with Crippen molar-refractivity contribution in [2.45, 2.75) is 0 Å². The molecular weight excluding hydrogens is 360 g/mol. The number of aromatic hydroxyl groups is 1. The van der Waals surface area contributed by atoms with Gasteiger partial charge in [-0.1, -0.05) is 88.7 Å². The average molecular weight is 375 g/mol. The van der Waals surface area contributed by atoms with Crippen LogP contribution in [0.1, 0.15) is 0 Å². The van der Waals surface area contributed by atoms with E-state index < -0.39 is 0 Å². The van der Waals surface area contributed by atoms with E-state index in [2.05, 4.69) is 58.4 Å². The summed E-state index contributed by atoms with van der Waals surface area (Å²) in [4.78, 5) is 0. The molecule has 24 heavy (non-hydrogen) atoms. The summed E-state index contributed by atoms with van der Waals surface area (Å²) in [6.45, 7) is 0. The molecule has 0 saturated carbocycles. The largest absolute Gasteiger partial charge is 0.507 e. The first kappa shape index (κ1) is 15.0. The highest BCUT2D eigenvalue weighted by Crippen LogP contribution is 2.40. The Kier molecular flexibility index (Phi) is 3.83. The van der Waals surface area contributed by atoms with E-state index in [4.69, 9.17) is 0 Å². The second kappa shape index (κ2) is 6.14. The molecule has 0 unspecified atom stereocenters. The predicted octanol–water partition coefficient (Wildman–Crippen LogP) is 6.64. The third-order valence-electron chi connectivity index (χ3n) is 4.27. The van der Waals surface area contributed by atoms with Gasteiger partial charge in [-0.25, -0.2) is 0 Å². The Morgan fingerprint density at radius 2 is 1.08 bits per heavy atom. The second-order valence-electron chi connectivity index (χ2n) is 5.71. The van der Waals surface area contributed by atoms with Crippen molar-refractivity contribution in [3.05, 3.63) is 89.4 Å². The average Bonchev–Trinajstić information content (AvgIpc) is 2.62. The molecule has 116 valence electrons. The fourth-order valence-corrected chi connectivity index (χ4v) is 3.77. The molecule has 0 aliphatic heterocycles. The fourth-order valence-electron chi connectivity index (χ4n) is 3.17. The molecule has 0 spiro atoms. The summed E-state index contributed by atoms with van der Waals surface area (Å²) in [6, 6.07) is 28.2. The maximum absolute atomic E-state index is 10.3. The lowest BCUT2D eigenvalue weighted by molar-refractivity contribution is 0.477. The Hall–Kier alpha value is -2.58. The maximum Gasteiger partial charge on any atom is 0.123 e. The summed E-state index contributed by atoms with van der Waals surface area (Å²) in [5.41, 5.74) is 4.13. The first-order valence-electron chi connectivity index (χ1n) is 7.81. The molecule has 4 aromatic rings. The Bertz CT molecular complexity index is 1030. The van der Waals surface area contributed by atoms with Crippen molar-refractivity contribution in [3.63, 3.8) is 0 Å². The van der Waals surface area contributed by atoms with Gasteiger partial charge in [-0.2, -0.15) is 0 Å². The molecule has 4 rings (SSSR count). The Labute approximate surface area is 149 Å². The molecule has 0 radical (unpaired) electrons. The third-order valence-corrected chi connectivity index (χ3v) is 4.93. The van der Waals surface area contributed by atoms with Gasteiger partial charge >= 0.3 is 0 Å². The zero-order chi connectivity index (χ0) is 16.5. The topological polar surface area (TPSA) is 20.2 Å². The van der Waals surface area contributed by atoms with Crippen molar-refractivity contribution >= 4 is 26.7 Å². The van der Waals surface area contributed by atoms with Crippen LogP contribution in [0.25, 0.3) is 33.0 Å². The van der Waals surface area contributed by atoms with Crippen LogP contribution < -0.4 is 0 Å². The van der Waals surface area contributed by atoms with Crippen LogP contribution in [-0.4, -0.2) is 5.11 Å². The van der Waals surface area contributed by atoms with Gasteiger partial charge in [0, 0.05) is 15.4 Å². The molecule has 0 fully saturated rings. The summed E-state index contributed by atoms with van der Waals surface area (Å²) in [5, 5.41) is 12.7. The van der Waals surface area contributed by atoms with E-state index in [1.807, 2.05) is 36.4 Å². The molecular formula is C22H15BrO. The summed E-state index contributed by atoms with van der Waals surface area (Å²) in [5.74, 6) is 0.296. The van der Waals surface area contributed by atoms with E-state index in [0.29, 0.717) is 5.75 Å². The van der Waals surface area contributed by atoms with Gasteiger partial charge in [0.15, 0.2) is 0 Å². The summed E-state index contributed by atoms with van der Waals surface area (Å²) < 4.78 is 1.07. The number of para-hydroxylation sites is 1. The smallest absolute Gasteiger partial charge is 0.123 e. The highest BCUT2D eigenvalue weighted by Gasteiger charge is 2.13. The van der Waals surface area contributed by atoms with Crippen molar-refractivity contribution in [1.29, 1.82) is 0 Å².